The third-order valence-electron chi connectivity index (χ3n) is 7.43. The molecule has 37 heavy (non-hydrogen) atoms. The molecule has 5 rings (SSSR count). The van der Waals surface area contributed by atoms with Crippen molar-refractivity contribution >= 4 is 29.0 Å². The van der Waals surface area contributed by atoms with Crippen LogP contribution >= 0.6 is 11.3 Å². The van der Waals surface area contributed by atoms with Gasteiger partial charge in [-0.05, 0) is 52.0 Å². The van der Waals surface area contributed by atoms with Gasteiger partial charge in [0.05, 0.1) is 23.4 Å². The second kappa shape index (κ2) is 9.45. The van der Waals surface area contributed by atoms with Crippen molar-refractivity contribution in [3.8, 4) is 5.75 Å². The number of carbonyl (C=O) groups excluding carboxylic acids is 2. The molecule has 9 heteroatoms. The van der Waals surface area contributed by atoms with E-state index in [-0.39, 0.29) is 23.9 Å². The van der Waals surface area contributed by atoms with Crippen LogP contribution < -0.4 is 9.64 Å². The van der Waals surface area contributed by atoms with Gasteiger partial charge in [-0.25, -0.2) is 14.2 Å². The number of thiazole rings is 1. The summed E-state index contributed by atoms with van der Waals surface area (Å²) in [4.78, 5) is 38.2. The fraction of sp³-hybridized carbons (Fsp3) is 0.393. The Kier molecular flexibility index (Phi) is 6.43. The minimum absolute atomic E-state index is 0.0719. The number of nitrogens with zero attached hydrogens (tertiary/aromatic N) is 4. The van der Waals surface area contributed by atoms with Gasteiger partial charge in [-0.15, -0.1) is 11.3 Å². The lowest BCUT2D eigenvalue weighted by atomic mass is 9.80. The first-order valence-electron chi connectivity index (χ1n) is 12.4. The summed E-state index contributed by atoms with van der Waals surface area (Å²) in [5, 5.41) is 0.833. The fourth-order valence-electron chi connectivity index (χ4n) is 5.79. The molecule has 3 aromatic rings. The van der Waals surface area contributed by atoms with E-state index in [2.05, 4.69) is 4.98 Å². The smallest absolute Gasteiger partial charge is 0.325 e. The van der Waals surface area contributed by atoms with E-state index in [1.165, 1.54) is 23.5 Å². The maximum Gasteiger partial charge on any atom is 0.325 e. The summed E-state index contributed by atoms with van der Waals surface area (Å²) in [5.41, 5.74) is 1.27. The molecule has 0 aliphatic carbocycles. The minimum Gasteiger partial charge on any atom is -0.496 e. The van der Waals surface area contributed by atoms with Crippen LogP contribution in [0.25, 0.3) is 0 Å². The quantitative estimate of drug-likeness (QED) is 0.460. The van der Waals surface area contributed by atoms with Crippen molar-refractivity contribution in [1.82, 2.24) is 14.8 Å². The number of urea groups is 1. The molecule has 194 valence electrons. The third-order valence-corrected chi connectivity index (χ3v) is 8.49. The lowest BCUT2D eigenvalue weighted by Gasteiger charge is -2.38. The molecule has 1 spiro atoms. The number of methoxy groups -OCH3 is 1. The van der Waals surface area contributed by atoms with Crippen LogP contribution in [0, 0.1) is 19.7 Å². The first-order chi connectivity index (χ1) is 17.7. The maximum absolute atomic E-state index is 14.4. The second-order valence-electron chi connectivity index (χ2n) is 10.1. The van der Waals surface area contributed by atoms with E-state index in [9.17, 15) is 14.0 Å². The highest BCUT2D eigenvalue weighted by molar-refractivity contribution is 7.13. The van der Waals surface area contributed by atoms with Gasteiger partial charge in [0, 0.05) is 42.8 Å². The number of hydrogen-bond donors (Lipinski definition) is 0. The van der Waals surface area contributed by atoms with Crippen molar-refractivity contribution in [1.29, 1.82) is 0 Å². The molecule has 1 unspecified atom stereocenters. The highest BCUT2D eigenvalue weighted by Crippen LogP contribution is 2.49. The molecular weight excluding hydrogens is 491 g/mol. The van der Waals surface area contributed by atoms with Gasteiger partial charge in [0.25, 0.3) is 5.91 Å². The largest absolute Gasteiger partial charge is 0.496 e. The number of anilines is 1. The number of ether oxygens (including phenoxy) is 1. The van der Waals surface area contributed by atoms with Crippen LogP contribution in [0.4, 0.5) is 14.9 Å². The number of aromatic nitrogens is 1. The summed E-state index contributed by atoms with van der Waals surface area (Å²) in [7, 11) is 1.62. The van der Waals surface area contributed by atoms with E-state index in [0.29, 0.717) is 41.6 Å². The van der Waals surface area contributed by atoms with Gasteiger partial charge < -0.3 is 14.5 Å². The zero-order valence-corrected chi connectivity index (χ0v) is 22.5. The van der Waals surface area contributed by atoms with Crippen molar-refractivity contribution in [2.24, 2.45) is 0 Å². The molecule has 2 atom stereocenters. The summed E-state index contributed by atoms with van der Waals surface area (Å²) in [6, 6.07) is 13.6. The number of amides is 3. The van der Waals surface area contributed by atoms with Crippen molar-refractivity contribution in [3.63, 3.8) is 0 Å². The monoisotopic (exact) mass is 522 g/mol. The van der Waals surface area contributed by atoms with Crippen molar-refractivity contribution in [2.45, 2.75) is 45.2 Å². The number of halogens is 1. The number of para-hydroxylation sites is 1. The minimum atomic E-state index is -0.826. The van der Waals surface area contributed by atoms with Gasteiger partial charge in [0.15, 0.2) is 0 Å². The van der Waals surface area contributed by atoms with E-state index in [4.69, 9.17) is 4.74 Å². The summed E-state index contributed by atoms with van der Waals surface area (Å²) >= 11 is 1.38. The van der Waals surface area contributed by atoms with Crippen LogP contribution in [0.15, 0.2) is 48.5 Å². The van der Waals surface area contributed by atoms with Crippen molar-refractivity contribution in [3.05, 3.63) is 75.5 Å². The predicted octanol–water partition coefficient (Wildman–Crippen LogP) is 5.24. The van der Waals surface area contributed by atoms with Crippen molar-refractivity contribution < 1.29 is 18.7 Å². The van der Waals surface area contributed by atoms with Gasteiger partial charge >= 0.3 is 6.03 Å². The molecule has 0 bridgehead atoms. The van der Waals surface area contributed by atoms with E-state index < -0.39 is 11.4 Å². The maximum atomic E-state index is 14.4. The number of likely N-dealkylation sites (tertiary alicyclic amines) is 1. The van der Waals surface area contributed by atoms with E-state index in [1.807, 2.05) is 61.8 Å². The molecule has 3 heterocycles. The Morgan fingerprint density at radius 2 is 1.92 bits per heavy atom. The molecule has 2 aliphatic rings. The summed E-state index contributed by atoms with van der Waals surface area (Å²) in [6.45, 7) is 8.77. The van der Waals surface area contributed by atoms with Gasteiger partial charge in [0.2, 0.25) is 0 Å². The zero-order valence-electron chi connectivity index (χ0n) is 21.7. The average molecular weight is 523 g/mol. The molecule has 2 aromatic carbocycles. The van der Waals surface area contributed by atoms with Gasteiger partial charge in [0.1, 0.15) is 16.4 Å². The lowest BCUT2D eigenvalue weighted by molar-refractivity contribution is 0.0787. The molecule has 7 nitrogen and oxygen atoms in total. The fourth-order valence-corrected chi connectivity index (χ4v) is 6.68. The van der Waals surface area contributed by atoms with E-state index >= 15 is 0 Å². The Morgan fingerprint density at radius 3 is 2.57 bits per heavy atom. The number of aryl methyl sites for hydroxylation is 2. The van der Waals surface area contributed by atoms with Crippen LogP contribution in [0.1, 0.15) is 45.7 Å². The Balaban J connectivity index is 1.69. The summed E-state index contributed by atoms with van der Waals surface area (Å²) < 4.78 is 20.2. The molecule has 1 aromatic heterocycles. The molecule has 2 fully saturated rings. The van der Waals surface area contributed by atoms with Gasteiger partial charge in [-0.1, -0.05) is 24.3 Å². The highest BCUT2D eigenvalue weighted by atomic mass is 32.1. The summed E-state index contributed by atoms with van der Waals surface area (Å²) in [6.07, 6.45) is 0. The van der Waals surface area contributed by atoms with E-state index in [0.717, 1.165) is 10.6 Å². The molecule has 0 N–H and O–H groups in total. The topological polar surface area (TPSA) is 66.0 Å². The molecule has 3 amide bonds. The van der Waals surface area contributed by atoms with Crippen molar-refractivity contribution in [2.75, 3.05) is 31.6 Å². The third kappa shape index (κ3) is 4.15. The second-order valence-corrected chi connectivity index (χ2v) is 11.3. The number of rotatable bonds is 5. The Bertz CT molecular complexity index is 1360. The normalized spacial score (nSPS) is 21.5. The first kappa shape index (κ1) is 25.2. The van der Waals surface area contributed by atoms with Gasteiger partial charge in [-0.3, -0.25) is 9.69 Å². The summed E-state index contributed by atoms with van der Waals surface area (Å²) in [5.74, 6) is -0.0907. The average Bonchev–Trinajstić information content (AvgIpc) is 3.51. The number of carbonyl (C=O) groups is 2. The SMILES string of the molecule is COc1ccccc1C1CN(C(=O)c2sc(C)nc2C)C[C@@]12CN(C(C)C)C(=O)N2c1cccc(F)c1. The standard InChI is InChI=1S/C28H31FN4O3S/c1-17(2)32-16-28(33(27(32)35)21-10-8-9-20(29)13-21)15-31(26(34)25-18(3)30-19(4)37-25)14-23(28)22-11-6-7-12-24(22)36-5/h6-13,17,23H,14-16H2,1-5H3/t23?,28-/m1/s1. The Hall–Kier alpha value is -3.46. The highest BCUT2D eigenvalue weighted by Gasteiger charge is 2.61. The van der Waals surface area contributed by atoms with Crippen LogP contribution in [-0.4, -0.2) is 65.0 Å². The number of benzene rings is 2. The molecule has 2 aliphatic heterocycles. The Morgan fingerprint density at radius 1 is 1.16 bits per heavy atom. The van der Waals surface area contributed by atoms with Crippen LogP contribution in [0.2, 0.25) is 0 Å². The number of hydrogen-bond acceptors (Lipinski definition) is 5. The van der Waals surface area contributed by atoms with E-state index in [1.54, 1.807) is 24.1 Å². The zero-order chi connectivity index (χ0) is 26.5. The first-order valence-corrected chi connectivity index (χ1v) is 13.2. The molecular formula is C28H31FN4O3S. The van der Waals surface area contributed by atoms with Crippen LogP contribution in [0.5, 0.6) is 5.75 Å². The van der Waals surface area contributed by atoms with Crippen LogP contribution in [-0.2, 0) is 0 Å². The lowest BCUT2D eigenvalue weighted by Crippen LogP contribution is -2.53. The van der Waals surface area contributed by atoms with Crippen LogP contribution in [0.3, 0.4) is 0 Å². The van der Waals surface area contributed by atoms with Gasteiger partial charge in [-0.2, -0.15) is 0 Å². The Labute approximate surface area is 220 Å². The molecule has 2 saturated heterocycles. The molecule has 0 saturated carbocycles. The predicted molar refractivity (Wildman–Crippen MR) is 142 cm³/mol. The molecule has 0 radical (unpaired) electrons.